The van der Waals surface area contributed by atoms with Crippen LogP contribution in [-0.2, 0) is 6.54 Å². The molecule has 0 aliphatic carbocycles. The summed E-state index contributed by atoms with van der Waals surface area (Å²) in [6.45, 7) is 8.85. The molecule has 2 aromatic carbocycles. The molecule has 0 spiro atoms. The van der Waals surface area contributed by atoms with Gasteiger partial charge in [0.05, 0.1) is 0 Å². The van der Waals surface area contributed by atoms with Crippen molar-refractivity contribution in [3.63, 3.8) is 0 Å². The van der Waals surface area contributed by atoms with Gasteiger partial charge in [-0.2, -0.15) is 4.98 Å². The molecule has 0 amide bonds. The highest BCUT2D eigenvalue weighted by Crippen LogP contribution is 2.22. The summed E-state index contributed by atoms with van der Waals surface area (Å²) in [4.78, 5) is 16.6. The molecular formula is C24H29N5. The summed E-state index contributed by atoms with van der Waals surface area (Å²) < 4.78 is 0. The third-order valence-electron chi connectivity index (χ3n) is 5.41. The van der Waals surface area contributed by atoms with Crippen LogP contribution in [0.1, 0.15) is 16.8 Å². The predicted molar refractivity (Wildman–Crippen MR) is 121 cm³/mol. The Kier molecular flexibility index (Phi) is 5.65. The third-order valence-corrected chi connectivity index (χ3v) is 5.41. The van der Waals surface area contributed by atoms with Crippen LogP contribution in [0.5, 0.6) is 0 Å². The maximum atomic E-state index is 4.89. The first-order valence-electron chi connectivity index (χ1n) is 10.3. The Hall–Kier alpha value is -3.08. The van der Waals surface area contributed by atoms with Gasteiger partial charge in [-0.25, -0.2) is 4.98 Å². The number of aromatic nitrogens is 2. The minimum absolute atomic E-state index is 0.831. The molecule has 3 aromatic rings. The molecule has 29 heavy (non-hydrogen) atoms. The molecule has 1 aliphatic rings. The maximum Gasteiger partial charge on any atom is 0.227 e. The van der Waals surface area contributed by atoms with Crippen LogP contribution in [0.3, 0.4) is 0 Å². The summed E-state index contributed by atoms with van der Waals surface area (Å²) in [7, 11) is 2.09. The molecule has 4 rings (SSSR count). The van der Waals surface area contributed by atoms with Gasteiger partial charge < -0.3 is 14.7 Å². The Morgan fingerprint density at radius 2 is 1.55 bits per heavy atom. The van der Waals surface area contributed by atoms with Crippen LogP contribution in [-0.4, -0.2) is 43.2 Å². The Morgan fingerprint density at radius 3 is 2.28 bits per heavy atom. The van der Waals surface area contributed by atoms with Gasteiger partial charge in [-0.05, 0) is 37.1 Å². The van der Waals surface area contributed by atoms with E-state index in [2.05, 4.69) is 83.3 Å². The first-order chi connectivity index (χ1) is 14.1. The molecule has 0 N–H and O–H groups in total. The smallest absolute Gasteiger partial charge is 0.227 e. The lowest BCUT2D eigenvalue weighted by Crippen LogP contribution is -2.47. The highest BCUT2D eigenvalue weighted by molar-refractivity contribution is 5.51. The van der Waals surface area contributed by atoms with Gasteiger partial charge in [0.25, 0.3) is 0 Å². The fourth-order valence-electron chi connectivity index (χ4n) is 3.80. The molecule has 0 atom stereocenters. The zero-order chi connectivity index (χ0) is 20.2. The molecule has 150 valence electrons. The standard InChI is InChI=1S/C24H29N5/c1-19-8-7-11-22(16-19)28-12-14-29(15-13-28)24-25-20(2)17-23(26-24)27(3)18-21-9-5-4-6-10-21/h4-11,16-17H,12-15,18H2,1-3H3. The minimum atomic E-state index is 0.831. The highest BCUT2D eigenvalue weighted by atomic mass is 15.3. The fourth-order valence-corrected chi connectivity index (χ4v) is 3.80. The van der Waals surface area contributed by atoms with Crippen molar-refractivity contribution in [2.75, 3.05) is 47.9 Å². The maximum absolute atomic E-state index is 4.89. The first kappa shape index (κ1) is 19.2. The number of nitrogens with zero attached hydrogens (tertiary/aromatic N) is 5. The van der Waals surface area contributed by atoms with Crippen LogP contribution in [0.15, 0.2) is 60.7 Å². The molecular weight excluding hydrogens is 358 g/mol. The molecule has 1 saturated heterocycles. The van der Waals surface area contributed by atoms with Crippen molar-refractivity contribution in [3.05, 3.63) is 77.5 Å². The minimum Gasteiger partial charge on any atom is -0.368 e. The van der Waals surface area contributed by atoms with E-state index in [1.165, 1.54) is 16.8 Å². The van der Waals surface area contributed by atoms with E-state index in [0.717, 1.165) is 50.2 Å². The molecule has 2 heterocycles. The van der Waals surface area contributed by atoms with E-state index in [-0.39, 0.29) is 0 Å². The zero-order valence-corrected chi connectivity index (χ0v) is 17.5. The summed E-state index contributed by atoms with van der Waals surface area (Å²) in [5.74, 6) is 1.81. The Labute approximate surface area is 173 Å². The lowest BCUT2D eigenvalue weighted by Gasteiger charge is -2.36. The lowest BCUT2D eigenvalue weighted by molar-refractivity contribution is 0.638. The summed E-state index contributed by atoms with van der Waals surface area (Å²) >= 11 is 0. The molecule has 1 aliphatic heterocycles. The van der Waals surface area contributed by atoms with Gasteiger partial charge in [0.15, 0.2) is 0 Å². The number of hydrogen-bond donors (Lipinski definition) is 0. The SMILES string of the molecule is Cc1cccc(N2CCN(c3nc(C)cc(N(C)Cc4ccccc4)n3)CC2)c1. The van der Waals surface area contributed by atoms with Gasteiger partial charge in [-0.3, -0.25) is 0 Å². The summed E-state index contributed by atoms with van der Waals surface area (Å²) in [5.41, 5.74) is 4.89. The van der Waals surface area contributed by atoms with Crippen molar-refractivity contribution in [2.45, 2.75) is 20.4 Å². The van der Waals surface area contributed by atoms with Crippen LogP contribution in [0.25, 0.3) is 0 Å². The number of aryl methyl sites for hydroxylation is 2. The Balaban J connectivity index is 1.45. The van der Waals surface area contributed by atoms with Crippen molar-refractivity contribution in [3.8, 4) is 0 Å². The molecule has 1 fully saturated rings. The molecule has 1 aromatic heterocycles. The summed E-state index contributed by atoms with van der Waals surface area (Å²) in [5, 5.41) is 0. The van der Waals surface area contributed by atoms with Gasteiger partial charge in [-0.1, -0.05) is 42.5 Å². The second-order valence-corrected chi connectivity index (χ2v) is 7.82. The number of anilines is 3. The number of benzene rings is 2. The summed E-state index contributed by atoms with van der Waals surface area (Å²) in [6.07, 6.45) is 0. The topological polar surface area (TPSA) is 35.5 Å². The Morgan fingerprint density at radius 1 is 0.828 bits per heavy atom. The average molecular weight is 388 g/mol. The van der Waals surface area contributed by atoms with Crippen molar-refractivity contribution < 1.29 is 0 Å². The van der Waals surface area contributed by atoms with Crippen LogP contribution in [0.2, 0.25) is 0 Å². The normalized spacial score (nSPS) is 14.2. The van der Waals surface area contributed by atoms with Crippen LogP contribution in [0.4, 0.5) is 17.5 Å². The van der Waals surface area contributed by atoms with Gasteiger partial charge in [0.2, 0.25) is 5.95 Å². The van der Waals surface area contributed by atoms with Crippen molar-refractivity contribution in [1.82, 2.24) is 9.97 Å². The fraction of sp³-hybridized carbons (Fsp3) is 0.333. The van der Waals surface area contributed by atoms with Crippen LogP contribution >= 0.6 is 0 Å². The van der Waals surface area contributed by atoms with E-state index < -0.39 is 0 Å². The molecule has 0 radical (unpaired) electrons. The molecule has 0 unspecified atom stereocenters. The van der Waals surface area contributed by atoms with Crippen molar-refractivity contribution in [1.29, 1.82) is 0 Å². The monoisotopic (exact) mass is 387 g/mol. The van der Waals surface area contributed by atoms with E-state index in [4.69, 9.17) is 9.97 Å². The largest absolute Gasteiger partial charge is 0.368 e. The van der Waals surface area contributed by atoms with Gasteiger partial charge in [0.1, 0.15) is 5.82 Å². The van der Waals surface area contributed by atoms with Crippen molar-refractivity contribution in [2.24, 2.45) is 0 Å². The van der Waals surface area contributed by atoms with Crippen LogP contribution in [0, 0.1) is 13.8 Å². The van der Waals surface area contributed by atoms with E-state index in [1.807, 2.05) is 13.0 Å². The van der Waals surface area contributed by atoms with Gasteiger partial charge in [0, 0.05) is 57.2 Å². The average Bonchev–Trinajstić information content (AvgIpc) is 2.74. The molecule has 5 heteroatoms. The number of piperazine rings is 1. The molecule has 5 nitrogen and oxygen atoms in total. The van der Waals surface area contributed by atoms with E-state index in [9.17, 15) is 0 Å². The predicted octanol–water partition coefficient (Wildman–Crippen LogP) is 4.06. The molecule has 0 saturated carbocycles. The zero-order valence-electron chi connectivity index (χ0n) is 17.5. The van der Waals surface area contributed by atoms with Crippen LogP contribution < -0.4 is 14.7 Å². The van der Waals surface area contributed by atoms with E-state index in [1.54, 1.807) is 0 Å². The second-order valence-electron chi connectivity index (χ2n) is 7.82. The van der Waals surface area contributed by atoms with E-state index in [0.29, 0.717) is 0 Å². The first-order valence-corrected chi connectivity index (χ1v) is 10.3. The van der Waals surface area contributed by atoms with Crippen molar-refractivity contribution >= 4 is 17.5 Å². The number of rotatable bonds is 5. The number of hydrogen-bond acceptors (Lipinski definition) is 5. The quantitative estimate of drug-likeness (QED) is 0.660. The molecule has 0 bridgehead atoms. The Bertz CT molecular complexity index is 948. The second kappa shape index (κ2) is 8.52. The summed E-state index contributed by atoms with van der Waals surface area (Å²) in [6, 6.07) is 21.3. The highest BCUT2D eigenvalue weighted by Gasteiger charge is 2.20. The lowest BCUT2D eigenvalue weighted by atomic mass is 10.2. The van der Waals surface area contributed by atoms with E-state index >= 15 is 0 Å². The van der Waals surface area contributed by atoms with Gasteiger partial charge in [-0.15, -0.1) is 0 Å². The van der Waals surface area contributed by atoms with Gasteiger partial charge >= 0.3 is 0 Å². The third kappa shape index (κ3) is 4.67.